The van der Waals surface area contributed by atoms with E-state index in [2.05, 4.69) is 17.2 Å². The number of benzene rings is 2. The molecule has 0 atom stereocenters. The Morgan fingerprint density at radius 3 is 2.43 bits per heavy atom. The van der Waals surface area contributed by atoms with Crippen LogP contribution in [0, 0.1) is 0 Å². The van der Waals surface area contributed by atoms with E-state index in [0.29, 0.717) is 34.3 Å². The van der Waals surface area contributed by atoms with Crippen molar-refractivity contribution in [1.82, 2.24) is 9.97 Å². The number of amides is 1. The van der Waals surface area contributed by atoms with Gasteiger partial charge in [0, 0.05) is 24.1 Å². The van der Waals surface area contributed by atoms with E-state index < -0.39 is 5.91 Å². The normalized spacial score (nSPS) is 10.6. The highest BCUT2D eigenvalue weighted by Gasteiger charge is 2.15. The molecule has 0 saturated carbocycles. The minimum absolute atomic E-state index is 0.389. The van der Waals surface area contributed by atoms with Gasteiger partial charge in [-0.3, -0.25) is 4.79 Å². The highest BCUT2D eigenvalue weighted by molar-refractivity contribution is 6.30. The Hall–Kier alpha value is -2.92. The number of rotatable bonds is 8. The van der Waals surface area contributed by atoms with Gasteiger partial charge in [0.15, 0.2) is 11.0 Å². The van der Waals surface area contributed by atoms with Crippen molar-refractivity contribution < 1.29 is 4.79 Å². The number of nitrogens with two attached hydrogens (primary N) is 1. The molecular formula is C22H23ClN4O. The van der Waals surface area contributed by atoms with Gasteiger partial charge in [-0.15, -0.1) is 0 Å². The summed E-state index contributed by atoms with van der Waals surface area (Å²) in [4.78, 5) is 20.7. The van der Waals surface area contributed by atoms with Crippen molar-refractivity contribution in [2.24, 2.45) is 5.73 Å². The van der Waals surface area contributed by atoms with Crippen LogP contribution in [0.5, 0.6) is 0 Å². The third-order valence-corrected chi connectivity index (χ3v) is 4.70. The van der Waals surface area contributed by atoms with Gasteiger partial charge in [0.05, 0.1) is 5.69 Å². The summed E-state index contributed by atoms with van der Waals surface area (Å²) < 4.78 is 0. The third-order valence-electron chi connectivity index (χ3n) is 4.40. The summed E-state index contributed by atoms with van der Waals surface area (Å²) in [7, 11) is 0. The second kappa shape index (κ2) is 9.33. The van der Waals surface area contributed by atoms with E-state index in [4.69, 9.17) is 22.3 Å². The van der Waals surface area contributed by atoms with E-state index >= 15 is 0 Å². The number of anilines is 1. The lowest BCUT2D eigenvalue weighted by Gasteiger charge is -2.14. The minimum Gasteiger partial charge on any atom is -0.368 e. The Kier molecular flexibility index (Phi) is 6.61. The lowest BCUT2D eigenvalue weighted by molar-refractivity contribution is 0.100. The zero-order valence-corrected chi connectivity index (χ0v) is 16.5. The van der Waals surface area contributed by atoms with Crippen molar-refractivity contribution in [3.63, 3.8) is 0 Å². The summed E-state index contributed by atoms with van der Waals surface area (Å²) in [5.74, 6) is 0.182. The fourth-order valence-electron chi connectivity index (χ4n) is 2.85. The van der Waals surface area contributed by atoms with E-state index in [1.165, 1.54) is 0 Å². The minimum atomic E-state index is -0.459. The van der Waals surface area contributed by atoms with Gasteiger partial charge in [-0.1, -0.05) is 67.4 Å². The summed E-state index contributed by atoms with van der Waals surface area (Å²) in [6, 6.07) is 17.1. The molecule has 0 saturated heterocycles. The first-order valence-electron chi connectivity index (χ1n) is 9.33. The van der Waals surface area contributed by atoms with Crippen LogP contribution in [-0.2, 0) is 6.42 Å². The molecule has 2 aromatic carbocycles. The predicted octanol–water partition coefficient (Wildman–Crippen LogP) is 4.70. The first-order chi connectivity index (χ1) is 13.6. The van der Waals surface area contributed by atoms with E-state index in [9.17, 15) is 4.79 Å². The van der Waals surface area contributed by atoms with Crippen molar-refractivity contribution in [2.75, 3.05) is 11.9 Å². The number of halogens is 1. The molecule has 1 heterocycles. The van der Waals surface area contributed by atoms with E-state index in [0.717, 1.165) is 30.5 Å². The first-order valence-corrected chi connectivity index (χ1v) is 9.70. The van der Waals surface area contributed by atoms with Crippen molar-refractivity contribution in [3.8, 4) is 11.3 Å². The SMILES string of the molecule is CCCCNc1nc(Cl)c(Cc2ccccc2)nc1-c1ccc(C(N)=O)cc1. The molecule has 5 nitrogen and oxygen atoms in total. The molecule has 1 amide bonds. The number of hydrogen-bond donors (Lipinski definition) is 2. The maximum absolute atomic E-state index is 11.4. The van der Waals surface area contributed by atoms with Crippen LogP contribution in [0.4, 0.5) is 5.82 Å². The maximum atomic E-state index is 11.4. The highest BCUT2D eigenvalue weighted by Crippen LogP contribution is 2.29. The Bertz CT molecular complexity index is 943. The van der Waals surface area contributed by atoms with Crippen molar-refractivity contribution >= 4 is 23.3 Å². The quantitative estimate of drug-likeness (QED) is 0.542. The Morgan fingerprint density at radius 2 is 1.79 bits per heavy atom. The third kappa shape index (κ3) is 4.87. The number of unbranched alkanes of at least 4 members (excludes halogenated alkanes) is 1. The number of carbonyl (C=O) groups excluding carboxylic acids is 1. The van der Waals surface area contributed by atoms with Crippen LogP contribution in [0.15, 0.2) is 54.6 Å². The number of nitrogens with one attached hydrogen (secondary N) is 1. The van der Waals surface area contributed by atoms with Crippen LogP contribution in [0.25, 0.3) is 11.3 Å². The highest BCUT2D eigenvalue weighted by atomic mass is 35.5. The van der Waals surface area contributed by atoms with E-state index in [-0.39, 0.29) is 0 Å². The molecule has 0 unspecified atom stereocenters. The van der Waals surface area contributed by atoms with Gasteiger partial charge in [0.25, 0.3) is 0 Å². The molecular weight excluding hydrogens is 372 g/mol. The Labute approximate surface area is 170 Å². The van der Waals surface area contributed by atoms with E-state index in [1.807, 2.05) is 42.5 Å². The number of hydrogen-bond acceptors (Lipinski definition) is 4. The van der Waals surface area contributed by atoms with Crippen LogP contribution in [0.3, 0.4) is 0 Å². The molecule has 1 aromatic heterocycles. The van der Waals surface area contributed by atoms with Gasteiger partial charge in [-0.05, 0) is 24.1 Å². The van der Waals surface area contributed by atoms with Crippen LogP contribution in [0.1, 0.15) is 41.4 Å². The number of nitrogens with zero attached hydrogens (tertiary/aromatic N) is 2. The molecule has 0 radical (unpaired) electrons. The second-order valence-electron chi connectivity index (χ2n) is 6.54. The lowest BCUT2D eigenvalue weighted by atomic mass is 10.1. The second-order valence-corrected chi connectivity index (χ2v) is 6.90. The molecule has 0 fully saturated rings. The van der Waals surface area contributed by atoms with Gasteiger partial charge in [-0.2, -0.15) is 0 Å². The fraction of sp³-hybridized carbons (Fsp3) is 0.227. The molecule has 0 aliphatic carbocycles. The largest absolute Gasteiger partial charge is 0.368 e. The predicted molar refractivity (Wildman–Crippen MR) is 114 cm³/mol. The fourth-order valence-corrected chi connectivity index (χ4v) is 3.05. The molecule has 3 aromatic rings. The molecule has 0 spiro atoms. The molecule has 0 aliphatic rings. The Balaban J connectivity index is 2.00. The van der Waals surface area contributed by atoms with Crippen LogP contribution in [0.2, 0.25) is 5.15 Å². The van der Waals surface area contributed by atoms with Crippen LogP contribution >= 0.6 is 11.6 Å². The van der Waals surface area contributed by atoms with E-state index in [1.54, 1.807) is 12.1 Å². The van der Waals surface area contributed by atoms with Gasteiger partial charge >= 0.3 is 0 Å². The van der Waals surface area contributed by atoms with Crippen LogP contribution in [-0.4, -0.2) is 22.4 Å². The summed E-state index contributed by atoms with van der Waals surface area (Å²) >= 11 is 6.44. The van der Waals surface area contributed by atoms with Gasteiger partial charge in [0.2, 0.25) is 5.91 Å². The summed E-state index contributed by atoms with van der Waals surface area (Å²) in [5.41, 5.74) is 9.18. The maximum Gasteiger partial charge on any atom is 0.248 e. The average molecular weight is 395 g/mol. The van der Waals surface area contributed by atoms with Crippen LogP contribution < -0.4 is 11.1 Å². The van der Waals surface area contributed by atoms with Crippen molar-refractivity contribution in [2.45, 2.75) is 26.2 Å². The summed E-state index contributed by atoms with van der Waals surface area (Å²) in [6.07, 6.45) is 2.68. The number of aromatic nitrogens is 2. The van der Waals surface area contributed by atoms with Crippen molar-refractivity contribution in [1.29, 1.82) is 0 Å². The molecule has 28 heavy (non-hydrogen) atoms. The zero-order valence-electron chi connectivity index (χ0n) is 15.8. The molecule has 3 rings (SSSR count). The molecule has 0 aliphatic heterocycles. The van der Waals surface area contributed by atoms with Gasteiger partial charge in [-0.25, -0.2) is 9.97 Å². The standard InChI is InChI=1S/C22H23ClN4O/c1-2-3-13-25-22-19(16-9-11-17(12-10-16)21(24)28)26-18(20(23)27-22)14-15-7-5-4-6-8-15/h4-12H,2-3,13-14H2,1H3,(H2,24,28)(H,25,27). The van der Waals surface area contributed by atoms with Gasteiger partial charge < -0.3 is 11.1 Å². The zero-order chi connectivity index (χ0) is 19.9. The average Bonchev–Trinajstić information content (AvgIpc) is 2.71. The smallest absolute Gasteiger partial charge is 0.248 e. The monoisotopic (exact) mass is 394 g/mol. The summed E-state index contributed by atoms with van der Waals surface area (Å²) in [5, 5.41) is 3.72. The molecule has 144 valence electrons. The van der Waals surface area contributed by atoms with Gasteiger partial charge in [0.1, 0.15) is 5.69 Å². The van der Waals surface area contributed by atoms with Crippen molar-refractivity contribution in [3.05, 3.63) is 76.6 Å². The first kappa shape index (κ1) is 19.8. The molecule has 0 bridgehead atoms. The number of primary amides is 1. The molecule has 3 N–H and O–H groups in total. The Morgan fingerprint density at radius 1 is 1.07 bits per heavy atom. The lowest BCUT2D eigenvalue weighted by Crippen LogP contribution is -2.11. The topological polar surface area (TPSA) is 80.9 Å². The molecule has 6 heteroatoms. The number of carbonyl (C=O) groups is 1. The summed E-state index contributed by atoms with van der Waals surface area (Å²) in [6.45, 7) is 2.92.